The fourth-order valence-corrected chi connectivity index (χ4v) is 2.13. The van der Waals surface area contributed by atoms with E-state index < -0.39 is 5.60 Å². The Balaban J connectivity index is 3.31. The van der Waals surface area contributed by atoms with E-state index in [0.717, 1.165) is 16.7 Å². The lowest BCUT2D eigenvalue weighted by molar-refractivity contribution is -0.0227. The van der Waals surface area contributed by atoms with Crippen molar-refractivity contribution < 1.29 is 14.6 Å². The number of rotatable bonds is 4. The van der Waals surface area contributed by atoms with Crippen molar-refractivity contribution in [2.75, 3.05) is 20.8 Å². The van der Waals surface area contributed by atoms with Crippen LogP contribution in [0.2, 0.25) is 0 Å². The van der Waals surface area contributed by atoms with Gasteiger partial charge in [-0.3, -0.25) is 0 Å². The van der Waals surface area contributed by atoms with Crippen LogP contribution in [0.3, 0.4) is 0 Å². The molecule has 1 unspecified atom stereocenters. The number of ether oxygens (including phenoxy) is 2. The quantitative estimate of drug-likeness (QED) is 0.851. The maximum absolute atomic E-state index is 10.4. The third-order valence-corrected chi connectivity index (χ3v) is 2.63. The molecule has 0 saturated carbocycles. The third kappa shape index (κ3) is 2.54. The molecule has 1 aromatic rings. The second kappa shape index (κ2) is 4.85. The van der Waals surface area contributed by atoms with Gasteiger partial charge in [0.2, 0.25) is 0 Å². The lowest BCUT2D eigenvalue weighted by Crippen LogP contribution is -2.28. The smallest absolute Gasteiger partial charge is 0.125 e. The molecule has 1 atom stereocenters. The van der Waals surface area contributed by atoms with Crippen molar-refractivity contribution in [2.24, 2.45) is 0 Å². The predicted molar refractivity (Wildman–Crippen MR) is 63.9 cm³/mol. The summed E-state index contributed by atoms with van der Waals surface area (Å²) in [5.74, 6) is 0.708. The molecule has 1 rings (SSSR count). The van der Waals surface area contributed by atoms with E-state index in [1.165, 1.54) is 0 Å². The van der Waals surface area contributed by atoms with Crippen molar-refractivity contribution in [3.05, 3.63) is 28.8 Å². The summed E-state index contributed by atoms with van der Waals surface area (Å²) < 4.78 is 10.4. The minimum atomic E-state index is -1.03. The predicted octanol–water partition coefficient (Wildman–Crippen LogP) is 2.17. The Hall–Kier alpha value is -1.06. The molecule has 3 heteroatoms. The van der Waals surface area contributed by atoms with Crippen LogP contribution in [-0.2, 0) is 10.3 Å². The minimum Gasteiger partial charge on any atom is -0.496 e. The Labute approximate surface area is 97.0 Å². The first-order chi connectivity index (χ1) is 7.42. The van der Waals surface area contributed by atoms with Crippen LogP contribution in [-0.4, -0.2) is 25.9 Å². The van der Waals surface area contributed by atoms with E-state index >= 15 is 0 Å². The zero-order valence-electron chi connectivity index (χ0n) is 10.6. The Morgan fingerprint density at radius 1 is 1.25 bits per heavy atom. The van der Waals surface area contributed by atoms with Crippen LogP contribution in [0.5, 0.6) is 5.75 Å². The summed E-state index contributed by atoms with van der Waals surface area (Å²) in [6.45, 7) is 5.95. The molecule has 0 spiro atoms. The van der Waals surface area contributed by atoms with E-state index in [1.54, 1.807) is 21.1 Å². The SMILES string of the molecule is COCC(C)(O)c1c(C)cc(C)cc1OC. The Bertz CT molecular complexity index is 370. The van der Waals surface area contributed by atoms with E-state index in [4.69, 9.17) is 9.47 Å². The fourth-order valence-electron chi connectivity index (χ4n) is 2.13. The largest absolute Gasteiger partial charge is 0.496 e. The van der Waals surface area contributed by atoms with Gasteiger partial charge in [0.15, 0.2) is 0 Å². The highest BCUT2D eigenvalue weighted by atomic mass is 16.5. The van der Waals surface area contributed by atoms with E-state index in [-0.39, 0.29) is 6.61 Å². The number of aliphatic hydroxyl groups is 1. The molecule has 90 valence electrons. The average molecular weight is 224 g/mol. The average Bonchev–Trinajstić information content (AvgIpc) is 2.15. The lowest BCUT2D eigenvalue weighted by atomic mass is 9.90. The van der Waals surface area contributed by atoms with Gasteiger partial charge in [0.05, 0.1) is 13.7 Å². The van der Waals surface area contributed by atoms with Gasteiger partial charge in [0, 0.05) is 12.7 Å². The topological polar surface area (TPSA) is 38.7 Å². The maximum Gasteiger partial charge on any atom is 0.125 e. The molecular weight excluding hydrogens is 204 g/mol. The highest BCUT2D eigenvalue weighted by Gasteiger charge is 2.28. The van der Waals surface area contributed by atoms with Crippen molar-refractivity contribution in [1.82, 2.24) is 0 Å². The summed E-state index contributed by atoms with van der Waals surface area (Å²) in [6, 6.07) is 3.95. The molecule has 0 saturated heterocycles. The third-order valence-electron chi connectivity index (χ3n) is 2.63. The van der Waals surface area contributed by atoms with Crippen LogP contribution < -0.4 is 4.74 Å². The Morgan fingerprint density at radius 2 is 1.88 bits per heavy atom. The summed E-state index contributed by atoms with van der Waals surface area (Å²) in [4.78, 5) is 0. The molecule has 0 bridgehead atoms. The zero-order chi connectivity index (χ0) is 12.3. The number of benzene rings is 1. The van der Waals surface area contributed by atoms with Gasteiger partial charge >= 0.3 is 0 Å². The number of aryl methyl sites for hydroxylation is 2. The van der Waals surface area contributed by atoms with Gasteiger partial charge in [0.25, 0.3) is 0 Å². The van der Waals surface area contributed by atoms with Gasteiger partial charge < -0.3 is 14.6 Å². The fraction of sp³-hybridized carbons (Fsp3) is 0.538. The van der Waals surface area contributed by atoms with E-state index in [2.05, 4.69) is 0 Å². The van der Waals surface area contributed by atoms with Gasteiger partial charge in [-0.15, -0.1) is 0 Å². The van der Waals surface area contributed by atoms with E-state index in [0.29, 0.717) is 5.75 Å². The van der Waals surface area contributed by atoms with E-state index in [1.807, 2.05) is 26.0 Å². The summed E-state index contributed by atoms with van der Waals surface area (Å²) in [7, 11) is 3.19. The Morgan fingerprint density at radius 3 is 2.38 bits per heavy atom. The number of hydrogen-bond acceptors (Lipinski definition) is 3. The molecule has 0 amide bonds. The minimum absolute atomic E-state index is 0.243. The van der Waals surface area contributed by atoms with Crippen molar-refractivity contribution in [3.8, 4) is 5.75 Å². The van der Waals surface area contributed by atoms with Crippen molar-refractivity contribution >= 4 is 0 Å². The number of methoxy groups -OCH3 is 2. The van der Waals surface area contributed by atoms with Gasteiger partial charge in [-0.1, -0.05) is 6.07 Å². The molecule has 0 heterocycles. The van der Waals surface area contributed by atoms with Gasteiger partial charge in [-0.2, -0.15) is 0 Å². The van der Waals surface area contributed by atoms with E-state index in [9.17, 15) is 5.11 Å². The maximum atomic E-state index is 10.4. The second-order valence-electron chi connectivity index (χ2n) is 4.37. The van der Waals surface area contributed by atoms with Crippen LogP contribution >= 0.6 is 0 Å². The highest BCUT2D eigenvalue weighted by Crippen LogP contribution is 2.34. The monoisotopic (exact) mass is 224 g/mol. The molecule has 16 heavy (non-hydrogen) atoms. The summed E-state index contributed by atoms with van der Waals surface area (Å²) in [5.41, 5.74) is 1.89. The first kappa shape index (κ1) is 13.0. The summed E-state index contributed by atoms with van der Waals surface area (Å²) >= 11 is 0. The zero-order valence-corrected chi connectivity index (χ0v) is 10.6. The van der Waals surface area contributed by atoms with Crippen LogP contribution in [0, 0.1) is 13.8 Å². The molecule has 0 radical (unpaired) electrons. The van der Waals surface area contributed by atoms with Crippen molar-refractivity contribution in [2.45, 2.75) is 26.4 Å². The molecular formula is C13H20O3. The van der Waals surface area contributed by atoms with Crippen molar-refractivity contribution in [3.63, 3.8) is 0 Å². The van der Waals surface area contributed by atoms with Gasteiger partial charge in [0.1, 0.15) is 11.4 Å². The van der Waals surface area contributed by atoms with Gasteiger partial charge in [-0.05, 0) is 38.0 Å². The standard InChI is InChI=1S/C13H20O3/c1-9-6-10(2)12(11(7-9)16-5)13(3,14)8-15-4/h6-7,14H,8H2,1-5H3. The first-order valence-corrected chi connectivity index (χ1v) is 5.29. The molecule has 0 aromatic heterocycles. The van der Waals surface area contributed by atoms with Crippen LogP contribution in [0.25, 0.3) is 0 Å². The highest BCUT2D eigenvalue weighted by molar-refractivity contribution is 5.46. The van der Waals surface area contributed by atoms with Crippen LogP contribution in [0.4, 0.5) is 0 Å². The molecule has 0 aliphatic rings. The molecule has 1 aromatic carbocycles. The molecule has 3 nitrogen and oxygen atoms in total. The summed E-state index contributed by atoms with van der Waals surface area (Å²) in [5, 5.41) is 10.4. The Kier molecular flexibility index (Phi) is 3.94. The lowest BCUT2D eigenvalue weighted by Gasteiger charge is -2.27. The van der Waals surface area contributed by atoms with Crippen LogP contribution in [0.1, 0.15) is 23.6 Å². The normalized spacial score (nSPS) is 14.6. The summed E-state index contributed by atoms with van der Waals surface area (Å²) in [6.07, 6.45) is 0. The van der Waals surface area contributed by atoms with Gasteiger partial charge in [-0.25, -0.2) is 0 Å². The second-order valence-corrected chi connectivity index (χ2v) is 4.37. The van der Waals surface area contributed by atoms with Crippen molar-refractivity contribution in [1.29, 1.82) is 0 Å². The van der Waals surface area contributed by atoms with Crippen LogP contribution in [0.15, 0.2) is 12.1 Å². The molecule has 0 aliphatic carbocycles. The number of hydrogen-bond donors (Lipinski definition) is 1. The molecule has 1 N–H and O–H groups in total. The molecule has 0 fully saturated rings. The first-order valence-electron chi connectivity index (χ1n) is 5.29. The molecule has 0 aliphatic heterocycles.